The van der Waals surface area contributed by atoms with Crippen molar-refractivity contribution in [3.63, 3.8) is 0 Å². The Hall–Kier alpha value is -3.78. The maximum atomic E-state index is 15.7. The van der Waals surface area contributed by atoms with Crippen molar-refractivity contribution in [2.24, 2.45) is 0 Å². The standard InChI is InChI=1S/C27H28F2N6O4S/c1-38-22-14-17(18-3-2-4-19(24(18)29)21(28)7-8-32-40(36)37)13-20-25(22)33-26(16-5-6-23(30)31-15-16)34-27(20)35-9-11-39-12-10-35/h2-6,13-15,21,32H,7-12H2,1H3,(H2,30,31)(H,36,37). The number of aromatic nitrogens is 3. The van der Waals surface area contributed by atoms with Crippen LogP contribution in [0.25, 0.3) is 33.4 Å². The summed E-state index contributed by atoms with van der Waals surface area (Å²) < 4.78 is 63.8. The highest BCUT2D eigenvalue weighted by Crippen LogP contribution is 2.39. The first-order chi connectivity index (χ1) is 19.4. The van der Waals surface area contributed by atoms with Crippen molar-refractivity contribution in [1.29, 1.82) is 0 Å². The van der Waals surface area contributed by atoms with Crippen LogP contribution >= 0.6 is 0 Å². The summed E-state index contributed by atoms with van der Waals surface area (Å²) in [4.78, 5) is 15.9. The summed E-state index contributed by atoms with van der Waals surface area (Å²) in [6.45, 7) is 2.14. The van der Waals surface area contributed by atoms with Crippen LogP contribution in [0.4, 0.5) is 20.4 Å². The minimum absolute atomic E-state index is 0.0934. The molecule has 0 saturated carbocycles. The molecule has 0 radical (unpaired) electrons. The van der Waals surface area contributed by atoms with E-state index in [-0.39, 0.29) is 24.1 Å². The number of methoxy groups -OCH3 is 1. The van der Waals surface area contributed by atoms with Crippen LogP contribution < -0.4 is 20.1 Å². The molecule has 4 N–H and O–H groups in total. The maximum Gasteiger partial charge on any atom is 0.231 e. The SMILES string of the molecule is COc1cc(-c2cccc(C(F)CCNS(=O)O)c2F)cc2c(N3CCOCC3)nc(-c3ccc(N)nc3)nc12. The molecule has 0 spiro atoms. The lowest BCUT2D eigenvalue weighted by Gasteiger charge is -2.29. The van der Waals surface area contributed by atoms with Gasteiger partial charge in [0.2, 0.25) is 11.3 Å². The third kappa shape index (κ3) is 5.87. The Morgan fingerprint density at radius 1 is 1.20 bits per heavy atom. The molecule has 3 heterocycles. The summed E-state index contributed by atoms with van der Waals surface area (Å²) in [5.74, 6) is 1.10. The van der Waals surface area contributed by atoms with Gasteiger partial charge in [0.1, 0.15) is 34.9 Å². The zero-order chi connectivity index (χ0) is 28.2. The molecule has 1 aliphatic rings. The predicted molar refractivity (Wildman–Crippen MR) is 149 cm³/mol. The molecule has 2 unspecified atom stereocenters. The number of rotatable bonds is 9. The second-order valence-corrected chi connectivity index (χ2v) is 9.91. The lowest BCUT2D eigenvalue weighted by atomic mass is 9.97. The van der Waals surface area contributed by atoms with Crippen molar-refractivity contribution in [3.05, 3.63) is 60.0 Å². The van der Waals surface area contributed by atoms with Crippen molar-refractivity contribution >= 4 is 33.8 Å². The van der Waals surface area contributed by atoms with Gasteiger partial charge < -0.3 is 20.1 Å². The van der Waals surface area contributed by atoms with Gasteiger partial charge in [-0.15, -0.1) is 0 Å². The maximum absolute atomic E-state index is 15.7. The van der Waals surface area contributed by atoms with Crippen molar-refractivity contribution in [2.45, 2.75) is 12.6 Å². The number of alkyl halides is 1. The second-order valence-electron chi connectivity index (χ2n) is 9.13. The molecular formula is C27H28F2N6O4S. The van der Waals surface area contributed by atoms with Gasteiger partial charge in [0.15, 0.2) is 5.82 Å². The zero-order valence-corrected chi connectivity index (χ0v) is 22.5. The number of fused-ring (bicyclic) bond motifs is 1. The number of nitrogens with two attached hydrogens (primary N) is 1. The lowest BCUT2D eigenvalue weighted by Crippen LogP contribution is -2.37. The molecule has 0 amide bonds. The number of pyridine rings is 1. The van der Waals surface area contributed by atoms with Gasteiger partial charge in [0, 0.05) is 47.9 Å². The third-order valence-corrected chi connectivity index (χ3v) is 7.07. The van der Waals surface area contributed by atoms with Gasteiger partial charge in [0.05, 0.1) is 20.3 Å². The van der Waals surface area contributed by atoms with Gasteiger partial charge in [-0.25, -0.2) is 32.7 Å². The van der Waals surface area contributed by atoms with Gasteiger partial charge in [0.25, 0.3) is 0 Å². The summed E-state index contributed by atoms with van der Waals surface area (Å²) in [5, 5.41) is 0.639. The minimum Gasteiger partial charge on any atom is -0.494 e. The lowest BCUT2D eigenvalue weighted by molar-refractivity contribution is 0.122. The van der Waals surface area contributed by atoms with Crippen molar-refractivity contribution in [3.8, 4) is 28.3 Å². The molecule has 2 atom stereocenters. The number of benzene rings is 2. The van der Waals surface area contributed by atoms with E-state index in [0.717, 1.165) is 0 Å². The van der Waals surface area contributed by atoms with E-state index >= 15 is 4.39 Å². The van der Waals surface area contributed by atoms with E-state index in [1.54, 1.807) is 42.6 Å². The number of hydrogen-bond donors (Lipinski definition) is 3. The molecule has 210 valence electrons. The Morgan fingerprint density at radius 2 is 2.00 bits per heavy atom. The van der Waals surface area contributed by atoms with Crippen LogP contribution in [0.3, 0.4) is 0 Å². The highest BCUT2D eigenvalue weighted by molar-refractivity contribution is 7.77. The van der Waals surface area contributed by atoms with Crippen LogP contribution in [-0.2, 0) is 16.0 Å². The molecule has 0 aliphatic carbocycles. The topological polar surface area (TPSA) is 136 Å². The van der Waals surface area contributed by atoms with Crippen molar-refractivity contribution < 1.29 is 27.0 Å². The molecule has 2 aromatic heterocycles. The largest absolute Gasteiger partial charge is 0.494 e. The van der Waals surface area contributed by atoms with E-state index in [1.807, 2.05) is 0 Å². The molecule has 40 heavy (non-hydrogen) atoms. The van der Waals surface area contributed by atoms with Crippen LogP contribution in [0.5, 0.6) is 5.75 Å². The average Bonchev–Trinajstić information content (AvgIpc) is 2.96. The number of morpholine rings is 1. The number of nitrogen functional groups attached to an aromatic ring is 1. The highest BCUT2D eigenvalue weighted by Gasteiger charge is 2.23. The normalized spacial score (nSPS) is 15.2. The summed E-state index contributed by atoms with van der Waals surface area (Å²) >= 11 is -2.27. The quantitative estimate of drug-likeness (QED) is 0.255. The summed E-state index contributed by atoms with van der Waals surface area (Å²) in [6.07, 6.45) is -0.254. The van der Waals surface area contributed by atoms with Gasteiger partial charge >= 0.3 is 0 Å². The monoisotopic (exact) mass is 570 g/mol. The van der Waals surface area contributed by atoms with Crippen LogP contribution in [0.15, 0.2) is 48.7 Å². The van der Waals surface area contributed by atoms with E-state index < -0.39 is 23.3 Å². The Labute approximate surface area is 232 Å². The smallest absolute Gasteiger partial charge is 0.231 e. The molecule has 2 aromatic carbocycles. The molecule has 1 saturated heterocycles. The number of hydrogen-bond acceptors (Lipinski definition) is 8. The third-order valence-electron chi connectivity index (χ3n) is 6.62. The Balaban J connectivity index is 1.64. The van der Waals surface area contributed by atoms with Gasteiger partial charge in [-0.2, -0.15) is 0 Å². The molecule has 10 nitrogen and oxygen atoms in total. The van der Waals surface area contributed by atoms with Crippen LogP contribution in [-0.4, -0.2) is 63.7 Å². The van der Waals surface area contributed by atoms with E-state index in [2.05, 4.69) is 14.6 Å². The van der Waals surface area contributed by atoms with E-state index in [1.165, 1.54) is 13.2 Å². The Kier molecular flexibility index (Phi) is 8.45. The highest BCUT2D eigenvalue weighted by atomic mass is 32.2. The van der Waals surface area contributed by atoms with Crippen molar-refractivity contribution in [1.82, 2.24) is 19.7 Å². The number of anilines is 2. The van der Waals surface area contributed by atoms with Crippen molar-refractivity contribution in [2.75, 3.05) is 50.6 Å². The fourth-order valence-corrected chi connectivity index (χ4v) is 4.91. The van der Waals surface area contributed by atoms with Gasteiger partial charge in [-0.1, -0.05) is 18.2 Å². The van der Waals surface area contributed by atoms with Crippen LogP contribution in [0.1, 0.15) is 18.2 Å². The van der Waals surface area contributed by atoms with Gasteiger partial charge in [-0.05, 0) is 36.2 Å². The summed E-state index contributed by atoms with van der Waals surface area (Å²) in [7, 11) is 1.50. The first-order valence-corrected chi connectivity index (χ1v) is 13.7. The number of ether oxygens (including phenoxy) is 2. The fourth-order valence-electron chi connectivity index (χ4n) is 4.62. The first kappa shape index (κ1) is 27.8. The number of nitrogens with zero attached hydrogens (tertiary/aromatic N) is 4. The zero-order valence-electron chi connectivity index (χ0n) is 21.6. The van der Waals surface area contributed by atoms with Crippen LogP contribution in [0, 0.1) is 5.82 Å². The van der Waals surface area contributed by atoms with Gasteiger partial charge in [-0.3, -0.25) is 4.55 Å². The average molecular weight is 571 g/mol. The molecule has 13 heteroatoms. The number of halogens is 2. The van der Waals surface area contributed by atoms with Crippen LogP contribution in [0.2, 0.25) is 0 Å². The summed E-state index contributed by atoms with van der Waals surface area (Å²) in [5.41, 5.74) is 7.46. The Bertz CT molecular complexity index is 1540. The molecule has 1 fully saturated rings. The number of nitrogens with one attached hydrogen (secondary N) is 1. The van der Waals surface area contributed by atoms with E-state index in [0.29, 0.717) is 71.5 Å². The second kappa shape index (κ2) is 12.2. The summed E-state index contributed by atoms with van der Waals surface area (Å²) in [6, 6.07) is 11.4. The molecule has 4 aromatic rings. The molecule has 0 bridgehead atoms. The van der Waals surface area contributed by atoms with E-state index in [4.69, 9.17) is 29.7 Å². The molecular weight excluding hydrogens is 542 g/mol. The molecule has 1 aliphatic heterocycles. The minimum atomic E-state index is -2.27. The Morgan fingerprint density at radius 3 is 2.70 bits per heavy atom. The van der Waals surface area contributed by atoms with E-state index in [9.17, 15) is 8.60 Å². The fraction of sp³-hybridized carbons (Fsp3) is 0.296. The molecule has 5 rings (SSSR count). The predicted octanol–water partition coefficient (Wildman–Crippen LogP) is 4.05. The first-order valence-electron chi connectivity index (χ1n) is 12.6.